The summed E-state index contributed by atoms with van der Waals surface area (Å²) >= 11 is 0. The Labute approximate surface area is 178 Å². The third-order valence-electron chi connectivity index (χ3n) is 5.90. The van der Waals surface area contributed by atoms with Gasteiger partial charge < -0.3 is 14.5 Å². The summed E-state index contributed by atoms with van der Waals surface area (Å²) in [5.41, 5.74) is -0.0930. The van der Waals surface area contributed by atoms with E-state index in [1.54, 1.807) is 47.4 Å². The van der Waals surface area contributed by atoms with Crippen molar-refractivity contribution < 1.29 is 27.5 Å². The number of nitrogens with zero attached hydrogens (tertiary/aromatic N) is 2. The zero-order valence-electron chi connectivity index (χ0n) is 16.9. The Hall–Kier alpha value is -2.87. The van der Waals surface area contributed by atoms with Gasteiger partial charge in [-0.15, -0.1) is 0 Å². The molecule has 8 heteroatoms. The van der Waals surface area contributed by atoms with Crippen LogP contribution in [0.3, 0.4) is 0 Å². The number of carbonyl (C=O) groups is 2. The summed E-state index contributed by atoms with van der Waals surface area (Å²) in [5, 5.41) is 0. The van der Waals surface area contributed by atoms with Crippen molar-refractivity contribution in [3.05, 3.63) is 66.0 Å². The minimum atomic E-state index is -3.92. The fourth-order valence-corrected chi connectivity index (χ4v) is 4.21. The maximum absolute atomic E-state index is 14.4. The predicted molar refractivity (Wildman–Crippen MR) is 108 cm³/mol. The lowest BCUT2D eigenvalue weighted by atomic mass is 9.88. The number of para-hydroxylation sites is 1. The summed E-state index contributed by atoms with van der Waals surface area (Å²) in [5.74, 6) is -1.84. The maximum atomic E-state index is 14.4. The third-order valence-corrected chi connectivity index (χ3v) is 5.90. The zero-order valence-corrected chi connectivity index (χ0v) is 16.9. The molecule has 2 heterocycles. The van der Waals surface area contributed by atoms with Crippen LogP contribution in [0, 0.1) is 5.82 Å². The highest BCUT2D eigenvalue weighted by Crippen LogP contribution is 2.40. The Kier molecular flexibility index (Phi) is 5.75. The summed E-state index contributed by atoms with van der Waals surface area (Å²) in [6.07, 6.45) is -2.90. The van der Waals surface area contributed by atoms with Crippen LogP contribution < -0.4 is 4.90 Å². The molecule has 2 aromatic carbocycles. The molecule has 0 aromatic heterocycles. The molecule has 2 fully saturated rings. The first-order chi connectivity index (χ1) is 14.8. The smallest absolute Gasteiger partial charge is 0.342 e. The van der Waals surface area contributed by atoms with Gasteiger partial charge in [-0.3, -0.25) is 9.59 Å². The second kappa shape index (κ2) is 8.34. The number of benzene rings is 2. The van der Waals surface area contributed by atoms with E-state index in [4.69, 9.17) is 4.74 Å². The highest BCUT2D eigenvalue weighted by Gasteiger charge is 2.57. The number of halogens is 3. The molecule has 2 aliphatic rings. The number of morpholine rings is 1. The number of alkyl halides is 2. The molecule has 2 aromatic rings. The van der Waals surface area contributed by atoms with Crippen LogP contribution in [0.2, 0.25) is 0 Å². The van der Waals surface area contributed by atoms with Crippen molar-refractivity contribution in [2.75, 3.05) is 24.5 Å². The van der Waals surface area contributed by atoms with E-state index < -0.39 is 17.6 Å². The lowest BCUT2D eigenvalue weighted by Gasteiger charge is -2.48. The first-order valence-electron chi connectivity index (χ1n) is 10.3. The van der Waals surface area contributed by atoms with Crippen LogP contribution in [0.4, 0.5) is 18.9 Å². The topological polar surface area (TPSA) is 49.9 Å². The molecule has 2 saturated heterocycles. The molecule has 4 rings (SSSR count). The number of rotatable bonds is 4. The Morgan fingerprint density at radius 3 is 2.42 bits per heavy atom. The van der Waals surface area contributed by atoms with E-state index in [2.05, 4.69) is 0 Å². The van der Waals surface area contributed by atoms with Gasteiger partial charge in [-0.2, -0.15) is 8.78 Å². The van der Waals surface area contributed by atoms with Gasteiger partial charge in [0, 0.05) is 25.2 Å². The first kappa shape index (κ1) is 21.4. The van der Waals surface area contributed by atoms with Crippen molar-refractivity contribution in [3.8, 4) is 0 Å². The Bertz CT molecular complexity index is 960. The molecule has 5 nitrogen and oxygen atoms in total. The van der Waals surface area contributed by atoms with E-state index in [-0.39, 0.29) is 50.6 Å². The number of likely N-dealkylation sites (tertiary alicyclic amines) is 1. The molecule has 0 unspecified atom stereocenters. The standard InChI is InChI=1S/C23H23F3N2O3/c24-18-6-4-5-17(15-18)9-10-20(29)27-13-11-22(12-14-27)16-28(19-7-2-1-3-8-19)21(30)23(25,26)31-22/h1-8,15H,9-14,16H2. The largest absolute Gasteiger partial charge is 0.437 e. The number of hydrogen-bond donors (Lipinski definition) is 0. The van der Waals surface area contributed by atoms with Crippen LogP contribution in [-0.4, -0.2) is 48.1 Å². The van der Waals surface area contributed by atoms with Crippen LogP contribution in [0.1, 0.15) is 24.8 Å². The lowest BCUT2D eigenvalue weighted by Crippen LogP contribution is -2.65. The van der Waals surface area contributed by atoms with Crippen LogP contribution in [0.15, 0.2) is 54.6 Å². The SMILES string of the molecule is O=C(CCc1cccc(F)c1)N1CCC2(CC1)CN(c1ccccc1)C(=O)C(F)(F)O2. The van der Waals surface area contributed by atoms with Crippen molar-refractivity contribution in [2.24, 2.45) is 0 Å². The summed E-state index contributed by atoms with van der Waals surface area (Å²) in [6, 6.07) is 14.4. The number of ether oxygens (including phenoxy) is 1. The molecule has 0 atom stereocenters. The number of amides is 2. The third kappa shape index (κ3) is 4.58. The van der Waals surface area contributed by atoms with Crippen LogP contribution >= 0.6 is 0 Å². The molecule has 0 saturated carbocycles. The number of piperidine rings is 1. The van der Waals surface area contributed by atoms with E-state index in [9.17, 15) is 22.8 Å². The summed E-state index contributed by atoms with van der Waals surface area (Å²) in [6.45, 7) is 0.528. The van der Waals surface area contributed by atoms with Crippen LogP contribution in [0.25, 0.3) is 0 Å². The molecular weight excluding hydrogens is 409 g/mol. The van der Waals surface area contributed by atoms with Gasteiger partial charge in [-0.25, -0.2) is 4.39 Å². The second-order valence-corrected chi connectivity index (χ2v) is 8.04. The van der Waals surface area contributed by atoms with Crippen LogP contribution in [-0.2, 0) is 20.7 Å². The predicted octanol–water partition coefficient (Wildman–Crippen LogP) is 3.78. The van der Waals surface area contributed by atoms with Gasteiger partial charge in [-0.05, 0) is 49.1 Å². The highest BCUT2D eigenvalue weighted by molar-refractivity contribution is 5.98. The molecular formula is C23H23F3N2O3. The molecule has 0 bridgehead atoms. The van der Waals surface area contributed by atoms with Gasteiger partial charge in [-0.1, -0.05) is 30.3 Å². The van der Waals surface area contributed by atoms with Gasteiger partial charge in [0.2, 0.25) is 5.91 Å². The average Bonchev–Trinajstić information content (AvgIpc) is 2.76. The number of carbonyl (C=O) groups excluding carboxylic acids is 2. The molecule has 2 amide bonds. The van der Waals surface area contributed by atoms with Crippen molar-refractivity contribution in [1.29, 1.82) is 0 Å². The number of anilines is 1. The molecule has 164 valence electrons. The summed E-state index contributed by atoms with van der Waals surface area (Å²) < 4.78 is 47.2. The quantitative estimate of drug-likeness (QED) is 0.739. The molecule has 1 spiro atoms. The number of aryl methyl sites for hydroxylation is 1. The molecule has 0 aliphatic carbocycles. The Morgan fingerprint density at radius 1 is 1.03 bits per heavy atom. The lowest BCUT2D eigenvalue weighted by molar-refractivity contribution is -0.292. The minimum Gasteiger partial charge on any atom is -0.342 e. The molecule has 2 aliphatic heterocycles. The fourth-order valence-electron chi connectivity index (χ4n) is 4.21. The first-order valence-corrected chi connectivity index (χ1v) is 10.3. The normalized spacial score (nSPS) is 20.2. The molecule has 0 radical (unpaired) electrons. The highest BCUT2D eigenvalue weighted by atomic mass is 19.3. The second-order valence-electron chi connectivity index (χ2n) is 8.04. The fraction of sp³-hybridized carbons (Fsp3) is 0.391. The van der Waals surface area contributed by atoms with Gasteiger partial charge in [0.25, 0.3) is 0 Å². The zero-order chi connectivity index (χ0) is 22.1. The Balaban J connectivity index is 1.40. The Morgan fingerprint density at radius 2 is 1.74 bits per heavy atom. The van der Waals surface area contributed by atoms with E-state index in [0.29, 0.717) is 12.1 Å². The maximum Gasteiger partial charge on any atom is 0.437 e. The van der Waals surface area contributed by atoms with E-state index >= 15 is 0 Å². The monoisotopic (exact) mass is 432 g/mol. The van der Waals surface area contributed by atoms with Gasteiger partial charge in [0.1, 0.15) is 5.82 Å². The van der Waals surface area contributed by atoms with E-state index in [1.807, 2.05) is 0 Å². The summed E-state index contributed by atoms with van der Waals surface area (Å²) in [4.78, 5) is 27.5. The number of hydrogen-bond acceptors (Lipinski definition) is 3. The van der Waals surface area contributed by atoms with Gasteiger partial charge in [0.05, 0.1) is 12.1 Å². The van der Waals surface area contributed by atoms with Crippen molar-refractivity contribution in [3.63, 3.8) is 0 Å². The average molecular weight is 432 g/mol. The van der Waals surface area contributed by atoms with Crippen LogP contribution in [0.5, 0.6) is 0 Å². The van der Waals surface area contributed by atoms with E-state index in [1.165, 1.54) is 12.1 Å². The van der Waals surface area contributed by atoms with E-state index in [0.717, 1.165) is 10.5 Å². The van der Waals surface area contributed by atoms with Gasteiger partial charge in [0.15, 0.2) is 0 Å². The molecule has 31 heavy (non-hydrogen) atoms. The molecule has 0 N–H and O–H groups in total. The van der Waals surface area contributed by atoms with Crippen molar-refractivity contribution in [2.45, 2.75) is 37.4 Å². The summed E-state index contributed by atoms with van der Waals surface area (Å²) in [7, 11) is 0. The van der Waals surface area contributed by atoms with Gasteiger partial charge >= 0.3 is 12.0 Å². The van der Waals surface area contributed by atoms with Crippen molar-refractivity contribution >= 4 is 17.5 Å². The minimum absolute atomic E-state index is 0.0107. The van der Waals surface area contributed by atoms with Crippen molar-refractivity contribution in [1.82, 2.24) is 4.90 Å².